The van der Waals surface area contributed by atoms with Gasteiger partial charge in [-0.05, 0) is 73.1 Å². The maximum absolute atomic E-state index is 13.4. The van der Waals surface area contributed by atoms with Crippen LogP contribution in [0.5, 0.6) is 0 Å². The van der Waals surface area contributed by atoms with Gasteiger partial charge in [-0.1, -0.05) is 54.9 Å². The van der Waals surface area contributed by atoms with E-state index in [1.165, 1.54) is 0 Å². The van der Waals surface area contributed by atoms with Crippen LogP contribution in [-0.4, -0.2) is 98.1 Å². The monoisotopic (exact) mass is 689 g/mol. The highest BCUT2D eigenvalue weighted by atomic mass is 16.2. The van der Waals surface area contributed by atoms with Gasteiger partial charge in [-0.3, -0.25) is 28.8 Å². The van der Waals surface area contributed by atoms with Crippen molar-refractivity contribution in [3.8, 4) is 0 Å². The number of hydrogen-bond donors (Lipinski definition) is 5. The molecule has 15 nitrogen and oxygen atoms in total. The molecule has 1 aliphatic heterocycles. The number of aromatic amines is 1. The van der Waals surface area contributed by atoms with Gasteiger partial charge in [0.05, 0.1) is 0 Å². The summed E-state index contributed by atoms with van der Waals surface area (Å²) in [6.07, 6.45) is 4.61. The van der Waals surface area contributed by atoms with Crippen LogP contribution in [0.4, 0.5) is 0 Å². The van der Waals surface area contributed by atoms with Crippen molar-refractivity contribution in [1.82, 2.24) is 46.8 Å². The number of unbranched alkanes of at least 4 members (excludes halogenated alkanes) is 1. The first-order valence-corrected chi connectivity index (χ1v) is 17.9. The number of hydrogen-bond acceptors (Lipinski definition) is 9. The maximum Gasteiger partial charge on any atom is 0.289 e. The number of rotatable bonds is 20. The van der Waals surface area contributed by atoms with Crippen molar-refractivity contribution in [2.24, 2.45) is 23.7 Å². The summed E-state index contributed by atoms with van der Waals surface area (Å²) < 4.78 is 0. The first-order valence-electron chi connectivity index (χ1n) is 17.9. The molecule has 15 heteroatoms. The average Bonchev–Trinajstić information content (AvgIpc) is 3.53. The molecular weight excluding hydrogens is 630 g/mol. The second-order valence-corrected chi connectivity index (χ2v) is 14.1. The fourth-order valence-electron chi connectivity index (χ4n) is 5.92. The molecule has 0 spiro atoms. The zero-order valence-electron chi connectivity index (χ0n) is 30.6. The first-order chi connectivity index (χ1) is 23.2. The Kier molecular flexibility index (Phi) is 17.3. The highest BCUT2D eigenvalue weighted by Crippen LogP contribution is 2.27. The summed E-state index contributed by atoms with van der Waals surface area (Å²) in [5.41, 5.74) is 0. The van der Waals surface area contributed by atoms with Gasteiger partial charge in [0.1, 0.15) is 23.9 Å². The third kappa shape index (κ3) is 13.1. The molecule has 0 bridgehead atoms. The number of aryl methyl sites for hydroxylation is 1. The molecule has 0 saturated carbocycles. The van der Waals surface area contributed by atoms with E-state index in [1.807, 2.05) is 55.4 Å². The number of amides is 5. The van der Waals surface area contributed by atoms with Gasteiger partial charge >= 0.3 is 0 Å². The van der Waals surface area contributed by atoms with E-state index in [0.717, 1.165) is 0 Å². The van der Waals surface area contributed by atoms with Crippen LogP contribution in [0.25, 0.3) is 0 Å². The van der Waals surface area contributed by atoms with Gasteiger partial charge in [0.2, 0.25) is 29.4 Å². The fourth-order valence-corrected chi connectivity index (χ4v) is 5.92. The fraction of sp³-hybridized carbons (Fsp3) is 0.794. The quantitative estimate of drug-likeness (QED) is 0.0998. The summed E-state index contributed by atoms with van der Waals surface area (Å²) in [7, 11) is 0. The van der Waals surface area contributed by atoms with Crippen molar-refractivity contribution in [2.45, 2.75) is 137 Å². The molecule has 6 atom stereocenters. The Morgan fingerprint density at radius 3 is 2.20 bits per heavy atom. The van der Waals surface area contributed by atoms with E-state index < -0.39 is 35.7 Å². The SMILES string of the molecule is CCCC(C(=O)C(=O)N[C@H](C)CC)N1CC[C@@H](CNC(=O)[C@@H](NC(=O)[C@H](NC(=O)CCCCc2nnn[nH]2)C(C)C)C(C)C)[C@H](C)CC1=O. The summed E-state index contributed by atoms with van der Waals surface area (Å²) in [4.78, 5) is 80.2. The number of H-pyrrole nitrogens is 1. The lowest BCUT2D eigenvalue weighted by Gasteiger charge is -2.30. The topological polar surface area (TPSA) is 208 Å². The standard InChI is InChI=1S/C34H59N9O6/c1-9-13-25(31(46)34(49)36-23(8)10-2)43-17-16-24(22(7)18-28(43)45)19-35-32(47)29(20(3)4)38-33(48)30(21(5)6)37-27(44)15-12-11-14-26-39-41-42-40-26/h20-25,29-30H,9-19H2,1-8H3,(H,35,47)(H,36,49)(H,37,44)(H,38,48)(H,39,40,41,42)/t22-,23-,24+,25?,29+,30-/m1/s1. The lowest BCUT2D eigenvalue weighted by molar-refractivity contribution is -0.146. The lowest BCUT2D eigenvalue weighted by atomic mass is 9.89. The number of Topliss-reactive ketones (excluding diaryl/α,β-unsaturated/α-hetero) is 1. The summed E-state index contributed by atoms with van der Waals surface area (Å²) in [5.74, 6) is -2.40. The molecule has 1 aromatic heterocycles. The van der Waals surface area contributed by atoms with Crippen LogP contribution in [0, 0.1) is 23.7 Å². The number of aromatic nitrogens is 4. The first kappa shape index (κ1) is 41.3. The molecule has 1 aliphatic rings. The lowest BCUT2D eigenvalue weighted by Crippen LogP contribution is -2.57. The molecule has 276 valence electrons. The molecule has 0 aromatic carbocycles. The van der Waals surface area contributed by atoms with Crippen LogP contribution in [-0.2, 0) is 35.2 Å². The highest BCUT2D eigenvalue weighted by molar-refractivity contribution is 6.38. The number of likely N-dealkylation sites (tertiary alicyclic amines) is 1. The van der Waals surface area contributed by atoms with Crippen LogP contribution in [0.1, 0.15) is 113 Å². The largest absolute Gasteiger partial charge is 0.354 e. The molecule has 1 aromatic rings. The molecule has 1 unspecified atom stereocenters. The minimum absolute atomic E-state index is 0.0595. The summed E-state index contributed by atoms with van der Waals surface area (Å²) >= 11 is 0. The Hall–Kier alpha value is -3.91. The van der Waals surface area contributed by atoms with E-state index in [-0.39, 0.29) is 66.8 Å². The molecule has 5 amide bonds. The molecular formula is C34H59N9O6. The van der Waals surface area contributed by atoms with Gasteiger partial charge in [0.25, 0.3) is 5.91 Å². The second-order valence-electron chi connectivity index (χ2n) is 14.1. The summed E-state index contributed by atoms with van der Waals surface area (Å²) in [5, 5.41) is 25.0. The highest BCUT2D eigenvalue weighted by Gasteiger charge is 2.38. The molecule has 0 aliphatic carbocycles. The minimum atomic E-state index is -0.837. The number of nitrogens with zero attached hydrogens (tertiary/aromatic N) is 4. The van der Waals surface area contributed by atoms with Gasteiger partial charge in [-0.2, -0.15) is 0 Å². The van der Waals surface area contributed by atoms with Crippen LogP contribution in [0.2, 0.25) is 0 Å². The zero-order valence-corrected chi connectivity index (χ0v) is 30.6. The molecule has 0 radical (unpaired) electrons. The van der Waals surface area contributed by atoms with Gasteiger partial charge in [0, 0.05) is 38.4 Å². The van der Waals surface area contributed by atoms with Crippen LogP contribution >= 0.6 is 0 Å². The van der Waals surface area contributed by atoms with Crippen molar-refractivity contribution >= 4 is 35.3 Å². The number of carbonyl (C=O) groups is 6. The minimum Gasteiger partial charge on any atom is -0.354 e. The number of ketones is 1. The Balaban J connectivity index is 1.98. The summed E-state index contributed by atoms with van der Waals surface area (Å²) in [6, 6.07) is -2.62. The molecule has 2 heterocycles. The van der Waals surface area contributed by atoms with E-state index in [2.05, 4.69) is 41.9 Å². The van der Waals surface area contributed by atoms with E-state index in [9.17, 15) is 28.8 Å². The predicted octanol–water partition coefficient (Wildman–Crippen LogP) is 1.84. The zero-order chi connectivity index (χ0) is 36.7. The Morgan fingerprint density at radius 1 is 0.939 bits per heavy atom. The normalized spacial score (nSPS) is 19.1. The number of tetrazole rings is 1. The molecule has 5 N–H and O–H groups in total. The van der Waals surface area contributed by atoms with E-state index >= 15 is 0 Å². The Bertz CT molecular complexity index is 1240. The molecule has 1 fully saturated rings. The van der Waals surface area contributed by atoms with Gasteiger partial charge < -0.3 is 26.2 Å². The third-order valence-electron chi connectivity index (χ3n) is 9.32. The van der Waals surface area contributed by atoms with Crippen molar-refractivity contribution in [2.75, 3.05) is 13.1 Å². The van der Waals surface area contributed by atoms with E-state index in [0.29, 0.717) is 57.3 Å². The van der Waals surface area contributed by atoms with Crippen LogP contribution in [0.15, 0.2) is 0 Å². The maximum atomic E-state index is 13.4. The second kappa shape index (κ2) is 20.6. The average molecular weight is 690 g/mol. The van der Waals surface area contributed by atoms with Gasteiger partial charge in [-0.15, -0.1) is 5.10 Å². The smallest absolute Gasteiger partial charge is 0.289 e. The number of nitrogens with one attached hydrogen (secondary N) is 5. The summed E-state index contributed by atoms with van der Waals surface area (Å²) in [6.45, 7) is 15.5. The molecule has 49 heavy (non-hydrogen) atoms. The van der Waals surface area contributed by atoms with Gasteiger partial charge in [0.15, 0.2) is 0 Å². The molecule has 2 rings (SSSR count). The van der Waals surface area contributed by atoms with Crippen molar-refractivity contribution in [3.63, 3.8) is 0 Å². The third-order valence-corrected chi connectivity index (χ3v) is 9.32. The van der Waals surface area contributed by atoms with Crippen molar-refractivity contribution < 1.29 is 28.8 Å². The van der Waals surface area contributed by atoms with Gasteiger partial charge in [-0.25, -0.2) is 5.10 Å². The Morgan fingerprint density at radius 2 is 1.61 bits per heavy atom. The Labute approximate surface area is 290 Å². The van der Waals surface area contributed by atoms with Crippen LogP contribution in [0.3, 0.4) is 0 Å². The van der Waals surface area contributed by atoms with E-state index in [4.69, 9.17) is 0 Å². The van der Waals surface area contributed by atoms with Crippen molar-refractivity contribution in [3.05, 3.63) is 5.82 Å². The van der Waals surface area contributed by atoms with Crippen molar-refractivity contribution in [1.29, 1.82) is 0 Å². The van der Waals surface area contributed by atoms with Crippen LogP contribution < -0.4 is 21.3 Å². The molecule has 1 saturated heterocycles. The number of carbonyl (C=O) groups excluding carboxylic acids is 6. The van der Waals surface area contributed by atoms with E-state index in [1.54, 1.807) is 4.90 Å². The predicted molar refractivity (Wildman–Crippen MR) is 183 cm³/mol.